The van der Waals surface area contributed by atoms with Gasteiger partial charge in [-0.25, -0.2) is 0 Å². The van der Waals surface area contributed by atoms with E-state index in [4.69, 9.17) is 20.9 Å². The molecule has 0 N–H and O–H groups in total. The molecular formula is C20H27ClO2. The molecule has 0 saturated heterocycles. The summed E-state index contributed by atoms with van der Waals surface area (Å²) in [5.41, 5.74) is 3.08. The van der Waals surface area contributed by atoms with Crippen molar-refractivity contribution in [2.45, 2.75) is 58.3 Å². The van der Waals surface area contributed by atoms with Gasteiger partial charge < -0.3 is 9.03 Å². The minimum atomic E-state index is -0.127. The number of allylic oxidation sites excluding steroid dienone is 4. The van der Waals surface area contributed by atoms with E-state index in [1.807, 2.05) is 0 Å². The second-order valence-corrected chi connectivity index (χ2v) is 8.27. The summed E-state index contributed by atoms with van der Waals surface area (Å²) >= 11 is 5.95. The maximum atomic E-state index is 5.95. The molecule has 0 bridgehead atoms. The summed E-state index contributed by atoms with van der Waals surface area (Å²) in [6.45, 7) is 13.0. The third kappa shape index (κ3) is 3.42. The molecule has 0 fully saturated rings. The topological polar surface area (TPSA) is 18.5 Å². The van der Waals surface area contributed by atoms with Crippen LogP contribution in [0.5, 0.6) is 11.5 Å². The fourth-order valence-electron chi connectivity index (χ4n) is 3.16. The molecule has 23 heavy (non-hydrogen) atoms. The molecule has 2 nitrogen and oxygen atoms in total. The zero-order chi connectivity index (χ0) is 17.4. The Hall–Kier alpha value is -1.41. The Kier molecular flexibility index (Phi) is 4.86. The largest absolute Gasteiger partial charge is 0.496 e. The molecule has 0 saturated carbocycles. The molecule has 0 heterocycles. The van der Waals surface area contributed by atoms with E-state index in [1.165, 1.54) is 0 Å². The summed E-state index contributed by atoms with van der Waals surface area (Å²) < 4.78 is 11.2. The van der Waals surface area contributed by atoms with Gasteiger partial charge in [-0.05, 0) is 16.9 Å². The SMILES string of the molecule is COc1cc(C(C)(C)C)c(OCl)c(C(C)(C)C)c1C1C=CC=C1. The minimum absolute atomic E-state index is 0.0998. The van der Waals surface area contributed by atoms with Gasteiger partial charge >= 0.3 is 0 Å². The van der Waals surface area contributed by atoms with Gasteiger partial charge in [0.2, 0.25) is 0 Å². The summed E-state index contributed by atoms with van der Waals surface area (Å²) in [5.74, 6) is 1.83. The minimum Gasteiger partial charge on any atom is -0.496 e. The molecule has 1 aromatic rings. The van der Waals surface area contributed by atoms with Gasteiger partial charge in [0.25, 0.3) is 0 Å². The van der Waals surface area contributed by atoms with Crippen LogP contribution in [0, 0.1) is 0 Å². The average molecular weight is 335 g/mol. The van der Waals surface area contributed by atoms with Crippen molar-refractivity contribution in [1.29, 1.82) is 0 Å². The van der Waals surface area contributed by atoms with Crippen molar-refractivity contribution in [2.75, 3.05) is 7.11 Å². The first-order chi connectivity index (χ1) is 10.6. The maximum absolute atomic E-state index is 5.95. The Morgan fingerprint density at radius 1 is 0.957 bits per heavy atom. The molecule has 2 rings (SSSR count). The quantitative estimate of drug-likeness (QED) is 0.671. The van der Waals surface area contributed by atoms with Gasteiger partial charge in [0.1, 0.15) is 17.6 Å². The number of rotatable bonds is 3. The molecule has 0 unspecified atom stereocenters. The monoisotopic (exact) mass is 334 g/mol. The van der Waals surface area contributed by atoms with Crippen molar-refractivity contribution in [2.24, 2.45) is 0 Å². The Morgan fingerprint density at radius 2 is 1.52 bits per heavy atom. The third-order valence-electron chi connectivity index (χ3n) is 4.22. The fourth-order valence-corrected chi connectivity index (χ4v) is 3.32. The molecule has 0 amide bonds. The maximum Gasteiger partial charge on any atom is 0.154 e. The summed E-state index contributed by atoms with van der Waals surface area (Å²) in [5, 5.41) is 0. The number of hydrogen-bond donors (Lipinski definition) is 0. The first kappa shape index (κ1) is 17.9. The van der Waals surface area contributed by atoms with Gasteiger partial charge in [0.05, 0.1) is 7.11 Å². The highest BCUT2D eigenvalue weighted by molar-refractivity contribution is 6.09. The lowest BCUT2D eigenvalue weighted by molar-refractivity contribution is 0.400. The lowest BCUT2D eigenvalue weighted by Crippen LogP contribution is -2.21. The van der Waals surface area contributed by atoms with Crippen LogP contribution in [0.4, 0.5) is 0 Å². The van der Waals surface area contributed by atoms with Crippen LogP contribution in [-0.2, 0) is 10.8 Å². The first-order valence-electron chi connectivity index (χ1n) is 8.00. The van der Waals surface area contributed by atoms with E-state index >= 15 is 0 Å². The van der Waals surface area contributed by atoms with Crippen molar-refractivity contribution < 1.29 is 9.03 Å². The van der Waals surface area contributed by atoms with Gasteiger partial charge in [-0.3, -0.25) is 0 Å². The highest BCUT2D eigenvalue weighted by atomic mass is 35.5. The second kappa shape index (κ2) is 6.24. The Labute approximate surface area is 145 Å². The summed E-state index contributed by atoms with van der Waals surface area (Å²) in [6, 6.07) is 2.07. The zero-order valence-corrected chi connectivity index (χ0v) is 15.9. The number of halogens is 1. The van der Waals surface area contributed by atoms with Crippen LogP contribution >= 0.6 is 11.9 Å². The van der Waals surface area contributed by atoms with E-state index in [0.717, 1.165) is 28.2 Å². The van der Waals surface area contributed by atoms with Crippen LogP contribution in [0.15, 0.2) is 30.4 Å². The lowest BCUT2D eigenvalue weighted by atomic mass is 9.74. The number of ether oxygens (including phenoxy) is 1. The molecule has 0 spiro atoms. The first-order valence-corrected chi connectivity index (χ1v) is 8.31. The number of benzene rings is 1. The van der Waals surface area contributed by atoms with Crippen molar-refractivity contribution in [3.63, 3.8) is 0 Å². The molecular weight excluding hydrogens is 308 g/mol. The normalized spacial score (nSPS) is 15.3. The van der Waals surface area contributed by atoms with E-state index < -0.39 is 0 Å². The molecule has 0 aliphatic heterocycles. The number of methoxy groups -OCH3 is 1. The van der Waals surface area contributed by atoms with Crippen LogP contribution in [-0.4, -0.2) is 7.11 Å². The smallest absolute Gasteiger partial charge is 0.154 e. The molecule has 3 heteroatoms. The van der Waals surface area contributed by atoms with E-state index in [1.54, 1.807) is 7.11 Å². The molecule has 0 radical (unpaired) electrons. The second-order valence-electron chi connectivity index (χ2n) is 8.12. The van der Waals surface area contributed by atoms with Gasteiger partial charge in [0, 0.05) is 22.6 Å². The van der Waals surface area contributed by atoms with Crippen LogP contribution in [0.3, 0.4) is 0 Å². The Balaban J connectivity index is 2.90. The predicted molar refractivity (Wildman–Crippen MR) is 97.9 cm³/mol. The molecule has 0 atom stereocenters. The zero-order valence-electron chi connectivity index (χ0n) is 15.2. The summed E-state index contributed by atoms with van der Waals surface area (Å²) in [7, 11) is 1.72. The van der Waals surface area contributed by atoms with Crippen LogP contribution in [0.2, 0.25) is 0 Å². The highest BCUT2D eigenvalue weighted by Gasteiger charge is 2.34. The Morgan fingerprint density at radius 3 is 1.91 bits per heavy atom. The van der Waals surface area contributed by atoms with Crippen molar-refractivity contribution in [1.82, 2.24) is 0 Å². The molecule has 1 aliphatic rings. The standard InChI is InChI=1S/C20H27ClO2/c1-19(2,3)14-12-15(22-7)16(13-10-8-9-11-13)17(18(14)23-21)20(4,5)6/h8-13H,1-7H3. The van der Waals surface area contributed by atoms with Crippen molar-refractivity contribution >= 4 is 11.9 Å². The van der Waals surface area contributed by atoms with Crippen LogP contribution in [0.1, 0.15) is 64.2 Å². The predicted octanol–water partition coefficient (Wildman–Crippen LogP) is 6.03. The van der Waals surface area contributed by atoms with Crippen LogP contribution in [0.25, 0.3) is 0 Å². The third-order valence-corrected chi connectivity index (χ3v) is 4.37. The summed E-state index contributed by atoms with van der Waals surface area (Å²) in [4.78, 5) is 0. The van der Waals surface area contributed by atoms with E-state index in [2.05, 4.69) is 71.9 Å². The summed E-state index contributed by atoms with van der Waals surface area (Å²) in [6.07, 6.45) is 8.47. The van der Waals surface area contributed by atoms with Crippen LogP contribution < -0.4 is 9.03 Å². The van der Waals surface area contributed by atoms with E-state index in [9.17, 15) is 0 Å². The van der Waals surface area contributed by atoms with Crippen molar-refractivity contribution in [3.05, 3.63) is 47.1 Å². The molecule has 1 aliphatic carbocycles. The van der Waals surface area contributed by atoms with Gasteiger partial charge in [0.15, 0.2) is 5.75 Å². The van der Waals surface area contributed by atoms with Crippen molar-refractivity contribution in [3.8, 4) is 11.5 Å². The molecule has 1 aromatic carbocycles. The highest BCUT2D eigenvalue weighted by Crippen LogP contribution is 2.49. The fraction of sp³-hybridized carbons (Fsp3) is 0.500. The van der Waals surface area contributed by atoms with Gasteiger partial charge in [-0.1, -0.05) is 65.8 Å². The molecule has 126 valence electrons. The van der Waals surface area contributed by atoms with E-state index in [0.29, 0.717) is 0 Å². The van der Waals surface area contributed by atoms with Gasteiger partial charge in [-0.2, -0.15) is 0 Å². The van der Waals surface area contributed by atoms with E-state index in [-0.39, 0.29) is 16.7 Å². The van der Waals surface area contributed by atoms with Gasteiger partial charge in [-0.15, -0.1) is 0 Å². The Bertz CT molecular complexity index is 631. The molecule has 0 aromatic heterocycles. The average Bonchev–Trinajstić information content (AvgIpc) is 2.96. The number of hydrogen-bond acceptors (Lipinski definition) is 2. The lowest BCUT2D eigenvalue weighted by Gasteiger charge is -2.32.